The summed E-state index contributed by atoms with van der Waals surface area (Å²) in [4.78, 5) is 16.1. The number of thiophene rings is 1. The maximum atomic E-state index is 11.9. The fourth-order valence-corrected chi connectivity index (χ4v) is 2.25. The molecule has 5 heteroatoms. The predicted molar refractivity (Wildman–Crippen MR) is 67.2 cm³/mol. The summed E-state index contributed by atoms with van der Waals surface area (Å²) < 4.78 is 1.81. The van der Waals surface area contributed by atoms with Crippen molar-refractivity contribution in [3.8, 4) is 0 Å². The summed E-state index contributed by atoms with van der Waals surface area (Å²) in [7, 11) is 0. The summed E-state index contributed by atoms with van der Waals surface area (Å²) in [5, 5.41) is 7.92. The van der Waals surface area contributed by atoms with Crippen molar-refractivity contribution in [3.05, 3.63) is 34.5 Å². The van der Waals surface area contributed by atoms with Crippen molar-refractivity contribution in [3.63, 3.8) is 0 Å². The maximum Gasteiger partial charge on any atom is 0.171 e. The Labute approximate surface area is 104 Å². The first-order valence-electron chi connectivity index (χ1n) is 5.59. The molecule has 0 spiro atoms. The second-order valence-electron chi connectivity index (χ2n) is 4.36. The highest BCUT2D eigenvalue weighted by Crippen LogP contribution is 2.10. The standard InChI is InChI=1S/C12H15N3OS/c1-9(2)6-15-12(13-8-14-15)5-11(16)10-3-4-17-7-10/h3-4,7-9H,5-6H2,1-2H3. The van der Waals surface area contributed by atoms with E-state index in [0.717, 1.165) is 17.9 Å². The molecule has 0 amide bonds. The summed E-state index contributed by atoms with van der Waals surface area (Å²) in [6.07, 6.45) is 1.84. The number of aromatic nitrogens is 3. The molecular formula is C12H15N3OS. The molecule has 0 unspecified atom stereocenters. The number of rotatable bonds is 5. The fourth-order valence-electron chi connectivity index (χ4n) is 1.59. The molecule has 0 aromatic carbocycles. The van der Waals surface area contributed by atoms with Gasteiger partial charge in [-0.15, -0.1) is 0 Å². The van der Waals surface area contributed by atoms with Crippen molar-refractivity contribution in [2.24, 2.45) is 5.92 Å². The molecule has 4 nitrogen and oxygen atoms in total. The van der Waals surface area contributed by atoms with Gasteiger partial charge in [0.2, 0.25) is 0 Å². The van der Waals surface area contributed by atoms with Gasteiger partial charge in [-0.3, -0.25) is 4.79 Å². The van der Waals surface area contributed by atoms with E-state index in [-0.39, 0.29) is 5.78 Å². The third kappa shape index (κ3) is 3.00. The molecule has 0 aliphatic rings. The van der Waals surface area contributed by atoms with Crippen molar-refractivity contribution in [1.82, 2.24) is 14.8 Å². The number of carbonyl (C=O) groups is 1. The maximum absolute atomic E-state index is 11.9. The minimum Gasteiger partial charge on any atom is -0.294 e. The van der Waals surface area contributed by atoms with Crippen LogP contribution in [0.25, 0.3) is 0 Å². The Bertz CT molecular complexity index is 488. The van der Waals surface area contributed by atoms with Gasteiger partial charge in [0.1, 0.15) is 12.2 Å². The summed E-state index contributed by atoms with van der Waals surface area (Å²) in [6.45, 7) is 5.03. The molecule has 0 bridgehead atoms. The molecule has 2 aromatic rings. The lowest BCUT2D eigenvalue weighted by Gasteiger charge is -2.07. The van der Waals surface area contributed by atoms with Crippen LogP contribution in [0.15, 0.2) is 23.2 Å². The minimum absolute atomic E-state index is 0.101. The van der Waals surface area contributed by atoms with E-state index in [1.165, 1.54) is 17.7 Å². The number of ketones is 1. The molecule has 0 saturated carbocycles. The first-order valence-corrected chi connectivity index (χ1v) is 6.53. The van der Waals surface area contributed by atoms with Gasteiger partial charge in [-0.25, -0.2) is 9.67 Å². The van der Waals surface area contributed by atoms with E-state index in [2.05, 4.69) is 23.9 Å². The van der Waals surface area contributed by atoms with Crippen LogP contribution in [0.1, 0.15) is 30.0 Å². The molecule has 0 saturated heterocycles. The summed E-state index contributed by atoms with van der Waals surface area (Å²) in [5.74, 6) is 1.34. The van der Waals surface area contributed by atoms with Gasteiger partial charge in [-0.1, -0.05) is 13.8 Å². The van der Waals surface area contributed by atoms with E-state index in [4.69, 9.17) is 0 Å². The lowest BCUT2D eigenvalue weighted by molar-refractivity contribution is 0.0989. The zero-order valence-corrected chi connectivity index (χ0v) is 10.8. The lowest BCUT2D eigenvalue weighted by Crippen LogP contribution is -2.13. The molecule has 2 rings (SSSR count). The van der Waals surface area contributed by atoms with Crippen molar-refractivity contribution >= 4 is 17.1 Å². The number of Topliss-reactive ketones (excluding diaryl/α,β-unsaturated/α-hetero) is 1. The van der Waals surface area contributed by atoms with Crippen LogP contribution in [0.5, 0.6) is 0 Å². The van der Waals surface area contributed by atoms with E-state index >= 15 is 0 Å². The third-order valence-electron chi connectivity index (χ3n) is 2.40. The van der Waals surface area contributed by atoms with Gasteiger partial charge >= 0.3 is 0 Å². The Kier molecular flexibility index (Phi) is 3.68. The second-order valence-corrected chi connectivity index (χ2v) is 5.14. The zero-order chi connectivity index (χ0) is 12.3. The quantitative estimate of drug-likeness (QED) is 0.765. The van der Waals surface area contributed by atoms with Crippen LogP contribution >= 0.6 is 11.3 Å². The summed E-state index contributed by atoms with van der Waals surface area (Å²) in [6, 6.07) is 1.84. The van der Waals surface area contributed by atoms with Crippen LogP contribution < -0.4 is 0 Å². The Morgan fingerprint density at radius 2 is 2.35 bits per heavy atom. The van der Waals surface area contributed by atoms with Crippen LogP contribution in [-0.4, -0.2) is 20.5 Å². The highest BCUT2D eigenvalue weighted by Gasteiger charge is 2.13. The Hall–Kier alpha value is -1.49. The lowest BCUT2D eigenvalue weighted by atomic mass is 10.1. The molecule has 0 radical (unpaired) electrons. The van der Waals surface area contributed by atoms with E-state index in [9.17, 15) is 4.79 Å². The normalized spacial score (nSPS) is 11.0. The van der Waals surface area contributed by atoms with Gasteiger partial charge in [0.15, 0.2) is 5.78 Å². The largest absolute Gasteiger partial charge is 0.294 e. The van der Waals surface area contributed by atoms with Crippen LogP contribution in [0.3, 0.4) is 0 Å². The Morgan fingerprint density at radius 1 is 1.53 bits per heavy atom. The van der Waals surface area contributed by atoms with Gasteiger partial charge in [-0.05, 0) is 17.4 Å². The summed E-state index contributed by atoms with van der Waals surface area (Å²) >= 11 is 1.53. The van der Waals surface area contributed by atoms with Crippen molar-refractivity contribution < 1.29 is 4.79 Å². The second kappa shape index (κ2) is 5.23. The van der Waals surface area contributed by atoms with Crippen LogP contribution in [0.4, 0.5) is 0 Å². The van der Waals surface area contributed by atoms with E-state index in [0.29, 0.717) is 12.3 Å². The smallest absolute Gasteiger partial charge is 0.171 e. The Morgan fingerprint density at radius 3 is 3.00 bits per heavy atom. The van der Waals surface area contributed by atoms with Crippen molar-refractivity contribution in [1.29, 1.82) is 0 Å². The summed E-state index contributed by atoms with van der Waals surface area (Å²) in [5.41, 5.74) is 0.758. The number of hydrogen-bond acceptors (Lipinski definition) is 4. The molecule has 2 aromatic heterocycles. The highest BCUT2D eigenvalue weighted by molar-refractivity contribution is 7.08. The molecule has 0 fully saturated rings. The molecule has 2 heterocycles. The first kappa shape index (κ1) is 12.0. The van der Waals surface area contributed by atoms with E-state index in [1.54, 1.807) is 0 Å². The first-order chi connectivity index (χ1) is 8.16. The molecule has 0 aliphatic heterocycles. The molecule has 17 heavy (non-hydrogen) atoms. The third-order valence-corrected chi connectivity index (χ3v) is 3.08. The molecule has 0 N–H and O–H groups in total. The average Bonchev–Trinajstić information content (AvgIpc) is 2.89. The van der Waals surface area contributed by atoms with Gasteiger partial charge < -0.3 is 0 Å². The zero-order valence-electron chi connectivity index (χ0n) is 9.96. The SMILES string of the molecule is CC(C)Cn1ncnc1CC(=O)c1ccsc1. The van der Waals surface area contributed by atoms with Crippen LogP contribution in [0.2, 0.25) is 0 Å². The van der Waals surface area contributed by atoms with Gasteiger partial charge in [0.05, 0.1) is 6.42 Å². The van der Waals surface area contributed by atoms with Crippen molar-refractivity contribution in [2.75, 3.05) is 0 Å². The number of carbonyl (C=O) groups excluding carboxylic acids is 1. The predicted octanol–water partition coefficient (Wildman–Crippen LogP) is 2.42. The molecule has 0 atom stereocenters. The molecule has 90 valence electrons. The van der Waals surface area contributed by atoms with Crippen molar-refractivity contribution in [2.45, 2.75) is 26.8 Å². The molecular weight excluding hydrogens is 234 g/mol. The average molecular weight is 249 g/mol. The fraction of sp³-hybridized carbons (Fsp3) is 0.417. The van der Waals surface area contributed by atoms with E-state index < -0.39 is 0 Å². The molecule has 0 aliphatic carbocycles. The topological polar surface area (TPSA) is 47.8 Å². The highest BCUT2D eigenvalue weighted by atomic mass is 32.1. The number of nitrogens with zero attached hydrogens (tertiary/aromatic N) is 3. The van der Waals surface area contributed by atoms with Crippen LogP contribution in [-0.2, 0) is 13.0 Å². The van der Waals surface area contributed by atoms with Gasteiger partial charge in [0.25, 0.3) is 0 Å². The van der Waals surface area contributed by atoms with Crippen LogP contribution in [0, 0.1) is 5.92 Å². The Balaban J connectivity index is 2.08. The monoisotopic (exact) mass is 249 g/mol. The van der Waals surface area contributed by atoms with E-state index in [1.807, 2.05) is 21.5 Å². The number of hydrogen-bond donors (Lipinski definition) is 0. The minimum atomic E-state index is 0.101. The van der Waals surface area contributed by atoms with Gasteiger partial charge in [0, 0.05) is 17.5 Å². The van der Waals surface area contributed by atoms with Gasteiger partial charge in [-0.2, -0.15) is 16.4 Å².